The van der Waals surface area contributed by atoms with E-state index in [9.17, 15) is 9.18 Å². The fourth-order valence-electron chi connectivity index (χ4n) is 1.53. The molecule has 0 fully saturated rings. The van der Waals surface area contributed by atoms with Crippen LogP contribution in [0.3, 0.4) is 0 Å². The lowest BCUT2D eigenvalue weighted by Gasteiger charge is -2.04. The zero-order chi connectivity index (χ0) is 13.8. The van der Waals surface area contributed by atoms with Crippen LogP contribution in [-0.2, 0) is 6.42 Å². The molecule has 19 heavy (non-hydrogen) atoms. The van der Waals surface area contributed by atoms with Gasteiger partial charge >= 0.3 is 0 Å². The van der Waals surface area contributed by atoms with Crippen molar-refractivity contribution in [2.24, 2.45) is 0 Å². The Labute approximate surface area is 114 Å². The number of rotatable bonds is 4. The van der Waals surface area contributed by atoms with Crippen molar-refractivity contribution in [1.82, 2.24) is 9.97 Å². The summed E-state index contributed by atoms with van der Waals surface area (Å²) in [6.07, 6.45) is 1.29. The second-order valence-electron chi connectivity index (χ2n) is 3.78. The van der Waals surface area contributed by atoms with Crippen LogP contribution in [0.25, 0.3) is 0 Å². The summed E-state index contributed by atoms with van der Waals surface area (Å²) in [5, 5.41) is 0.217. The molecule has 0 aliphatic heterocycles. The van der Waals surface area contributed by atoms with Crippen LogP contribution in [0.2, 0.25) is 5.02 Å². The molecule has 4 nitrogen and oxygen atoms in total. The van der Waals surface area contributed by atoms with Crippen LogP contribution in [0.4, 0.5) is 4.39 Å². The molecule has 0 saturated carbocycles. The summed E-state index contributed by atoms with van der Waals surface area (Å²) < 4.78 is 17.8. The molecule has 0 amide bonds. The molecule has 2 rings (SSSR count). The average molecular weight is 281 g/mol. The third-order valence-electron chi connectivity index (χ3n) is 2.50. The van der Waals surface area contributed by atoms with Crippen LogP contribution in [0.15, 0.2) is 30.6 Å². The van der Waals surface area contributed by atoms with Crippen LogP contribution >= 0.6 is 11.6 Å². The second kappa shape index (κ2) is 5.75. The van der Waals surface area contributed by atoms with Gasteiger partial charge in [-0.15, -0.1) is 0 Å². The molecule has 1 heterocycles. The Kier molecular flexibility index (Phi) is 4.06. The average Bonchev–Trinajstić information content (AvgIpc) is 2.42. The molecular weight excluding hydrogens is 271 g/mol. The highest BCUT2D eigenvalue weighted by Gasteiger charge is 2.12. The zero-order valence-electron chi connectivity index (χ0n) is 10.1. The van der Waals surface area contributed by atoms with Gasteiger partial charge in [0.1, 0.15) is 17.8 Å². The van der Waals surface area contributed by atoms with E-state index in [-0.39, 0.29) is 22.9 Å². The van der Waals surface area contributed by atoms with Crippen LogP contribution in [-0.4, -0.2) is 22.9 Å². The van der Waals surface area contributed by atoms with E-state index in [2.05, 4.69) is 9.97 Å². The number of Topliss-reactive ketones (excluding diaryl/α,β-unsaturated/α-hetero) is 1. The third-order valence-corrected chi connectivity index (χ3v) is 2.85. The molecule has 0 unspecified atom stereocenters. The number of ether oxygens (including phenoxy) is 1. The number of benzene rings is 1. The quantitative estimate of drug-likeness (QED) is 0.808. The van der Waals surface area contributed by atoms with Gasteiger partial charge in [0.2, 0.25) is 5.88 Å². The monoisotopic (exact) mass is 280 g/mol. The van der Waals surface area contributed by atoms with Gasteiger partial charge in [0.15, 0.2) is 5.78 Å². The Hall–Kier alpha value is -2.01. The lowest BCUT2D eigenvalue weighted by atomic mass is 10.1. The van der Waals surface area contributed by atoms with E-state index in [4.69, 9.17) is 16.3 Å². The molecule has 2 aromatic rings. The van der Waals surface area contributed by atoms with E-state index < -0.39 is 5.82 Å². The Balaban J connectivity index is 2.20. The number of carbonyl (C=O) groups is 1. The second-order valence-corrected chi connectivity index (χ2v) is 4.19. The largest absolute Gasteiger partial charge is 0.481 e. The Morgan fingerprint density at radius 3 is 2.84 bits per heavy atom. The number of hydrogen-bond acceptors (Lipinski definition) is 4. The van der Waals surface area contributed by atoms with Gasteiger partial charge in [-0.2, -0.15) is 0 Å². The van der Waals surface area contributed by atoms with Gasteiger partial charge in [-0.25, -0.2) is 14.4 Å². The van der Waals surface area contributed by atoms with Gasteiger partial charge in [0, 0.05) is 17.5 Å². The van der Waals surface area contributed by atoms with Gasteiger partial charge in [0.25, 0.3) is 0 Å². The molecule has 98 valence electrons. The molecule has 0 saturated heterocycles. The van der Waals surface area contributed by atoms with Crippen molar-refractivity contribution >= 4 is 17.4 Å². The maximum atomic E-state index is 12.9. The maximum absolute atomic E-state index is 12.9. The minimum atomic E-state index is -0.440. The number of methoxy groups -OCH3 is 1. The van der Waals surface area contributed by atoms with E-state index in [0.29, 0.717) is 11.4 Å². The van der Waals surface area contributed by atoms with Crippen molar-refractivity contribution in [1.29, 1.82) is 0 Å². The summed E-state index contributed by atoms with van der Waals surface area (Å²) in [6, 6.07) is 5.35. The smallest absolute Gasteiger partial charge is 0.216 e. The zero-order valence-corrected chi connectivity index (χ0v) is 10.8. The summed E-state index contributed by atoms with van der Waals surface area (Å²) in [6.45, 7) is 0. The predicted molar refractivity (Wildman–Crippen MR) is 68.0 cm³/mol. The lowest BCUT2D eigenvalue weighted by Crippen LogP contribution is -2.07. The maximum Gasteiger partial charge on any atom is 0.216 e. The minimum Gasteiger partial charge on any atom is -0.481 e. The molecule has 0 atom stereocenters. The van der Waals surface area contributed by atoms with E-state index in [1.54, 1.807) is 0 Å². The first-order valence-electron chi connectivity index (χ1n) is 5.43. The number of halogens is 2. The summed E-state index contributed by atoms with van der Waals surface area (Å²) in [5.74, 6) is -0.373. The van der Waals surface area contributed by atoms with Crippen molar-refractivity contribution in [2.45, 2.75) is 6.42 Å². The first-order valence-corrected chi connectivity index (χ1v) is 5.81. The normalized spacial score (nSPS) is 10.3. The number of nitrogens with zero attached hydrogens (tertiary/aromatic N) is 2. The Morgan fingerprint density at radius 1 is 1.37 bits per heavy atom. The molecule has 0 aliphatic rings. The standard InChI is InChI=1S/C13H10ClFN2O2/c1-19-13-6-11(16-7-17-13)12(18)4-8-2-3-9(15)5-10(8)14/h2-3,5-7H,4H2,1H3. The van der Waals surface area contributed by atoms with Crippen LogP contribution in [0.1, 0.15) is 16.1 Å². The third kappa shape index (κ3) is 3.26. The van der Waals surface area contributed by atoms with Crippen LogP contribution in [0, 0.1) is 5.82 Å². The molecular formula is C13H10ClFN2O2. The predicted octanol–water partition coefficient (Wildman–Crippen LogP) is 2.70. The van der Waals surface area contributed by atoms with Crippen molar-refractivity contribution in [2.75, 3.05) is 7.11 Å². The van der Waals surface area contributed by atoms with Gasteiger partial charge in [-0.05, 0) is 17.7 Å². The van der Waals surface area contributed by atoms with Crippen LogP contribution in [0.5, 0.6) is 5.88 Å². The fourth-order valence-corrected chi connectivity index (χ4v) is 1.77. The molecule has 1 aromatic heterocycles. The summed E-state index contributed by atoms with van der Waals surface area (Å²) in [4.78, 5) is 19.7. The molecule has 0 N–H and O–H groups in total. The topological polar surface area (TPSA) is 52.1 Å². The van der Waals surface area contributed by atoms with E-state index >= 15 is 0 Å². The Morgan fingerprint density at radius 2 is 2.16 bits per heavy atom. The molecule has 1 aromatic carbocycles. The van der Waals surface area contributed by atoms with Gasteiger partial charge in [-0.1, -0.05) is 17.7 Å². The SMILES string of the molecule is COc1cc(C(=O)Cc2ccc(F)cc2Cl)ncn1. The molecule has 0 spiro atoms. The van der Waals surface area contributed by atoms with E-state index in [1.807, 2.05) is 0 Å². The van der Waals surface area contributed by atoms with Crippen molar-refractivity contribution in [3.63, 3.8) is 0 Å². The first kappa shape index (κ1) is 13.4. The summed E-state index contributed by atoms with van der Waals surface area (Å²) >= 11 is 5.87. The minimum absolute atomic E-state index is 0.0410. The summed E-state index contributed by atoms with van der Waals surface area (Å²) in [7, 11) is 1.45. The van der Waals surface area contributed by atoms with Gasteiger partial charge in [0.05, 0.1) is 7.11 Å². The van der Waals surface area contributed by atoms with Crippen molar-refractivity contribution in [3.05, 3.63) is 52.7 Å². The molecule has 0 aliphatic carbocycles. The van der Waals surface area contributed by atoms with Crippen molar-refractivity contribution in [3.8, 4) is 5.88 Å². The molecule has 0 radical (unpaired) electrons. The summed E-state index contributed by atoms with van der Waals surface area (Å²) in [5.41, 5.74) is 0.776. The van der Waals surface area contributed by atoms with Crippen molar-refractivity contribution < 1.29 is 13.9 Å². The van der Waals surface area contributed by atoms with Crippen LogP contribution < -0.4 is 4.74 Å². The first-order chi connectivity index (χ1) is 9.10. The molecule has 6 heteroatoms. The van der Waals surface area contributed by atoms with E-state index in [1.165, 1.54) is 37.7 Å². The number of hydrogen-bond donors (Lipinski definition) is 0. The highest BCUT2D eigenvalue weighted by Crippen LogP contribution is 2.19. The number of aromatic nitrogens is 2. The Bertz CT molecular complexity index is 619. The van der Waals surface area contributed by atoms with Gasteiger partial charge < -0.3 is 4.74 Å². The fraction of sp³-hybridized carbons (Fsp3) is 0.154. The lowest BCUT2D eigenvalue weighted by molar-refractivity contribution is 0.0987. The number of ketones is 1. The number of carbonyl (C=O) groups excluding carboxylic acids is 1. The van der Waals surface area contributed by atoms with E-state index in [0.717, 1.165) is 0 Å². The highest BCUT2D eigenvalue weighted by molar-refractivity contribution is 6.31. The highest BCUT2D eigenvalue weighted by atomic mass is 35.5. The van der Waals surface area contributed by atoms with Gasteiger partial charge in [-0.3, -0.25) is 4.79 Å². The molecule has 0 bridgehead atoms.